The zero-order chi connectivity index (χ0) is 15.9. The molecule has 0 aliphatic carbocycles. The zero-order valence-electron chi connectivity index (χ0n) is 12.0. The number of hydrogen-bond acceptors (Lipinski definition) is 5. The van der Waals surface area contributed by atoms with E-state index in [-0.39, 0.29) is 12.5 Å². The molecule has 0 saturated heterocycles. The van der Waals surface area contributed by atoms with E-state index in [1.54, 1.807) is 29.6 Å². The number of carbonyl (C=O) groups is 2. The van der Waals surface area contributed by atoms with Crippen molar-refractivity contribution in [2.75, 3.05) is 13.7 Å². The highest BCUT2D eigenvalue weighted by Gasteiger charge is 2.09. The predicted molar refractivity (Wildman–Crippen MR) is 83.2 cm³/mol. The fourth-order valence-corrected chi connectivity index (χ4v) is 2.40. The lowest BCUT2D eigenvalue weighted by atomic mass is 10.2. The lowest BCUT2D eigenvalue weighted by Gasteiger charge is -2.11. The number of benzene rings is 1. The minimum absolute atomic E-state index is 0.130. The fourth-order valence-electron chi connectivity index (χ4n) is 1.77. The van der Waals surface area contributed by atoms with Crippen LogP contribution in [-0.2, 0) is 11.3 Å². The third-order valence-electron chi connectivity index (χ3n) is 2.83. The Kier molecular flexibility index (Phi) is 5.37. The van der Waals surface area contributed by atoms with E-state index < -0.39 is 5.91 Å². The van der Waals surface area contributed by atoms with Gasteiger partial charge in [-0.1, -0.05) is 6.07 Å². The molecule has 0 fully saturated rings. The summed E-state index contributed by atoms with van der Waals surface area (Å²) in [4.78, 5) is 22.6. The number of thiophene rings is 1. The standard InChI is InChI=1S/C15H16N2O4S/c1-20-13-6-10(2-3-12(13)21-8-14(16)18)7-17-15(19)11-4-5-22-9-11/h2-6,9H,7-8H2,1H3,(H2,16,18)(H,17,19). The number of amides is 2. The monoisotopic (exact) mass is 320 g/mol. The Balaban J connectivity index is 2.00. The topological polar surface area (TPSA) is 90.7 Å². The average molecular weight is 320 g/mol. The van der Waals surface area contributed by atoms with Crippen LogP contribution < -0.4 is 20.5 Å². The number of nitrogens with one attached hydrogen (secondary N) is 1. The maximum atomic E-state index is 11.9. The highest BCUT2D eigenvalue weighted by Crippen LogP contribution is 2.28. The SMILES string of the molecule is COc1cc(CNC(=O)c2ccsc2)ccc1OCC(N)=O. The number of hydrogen-bond donors (Lipinski definition) is 2. The van der Waals surface area contributed by atoms with Gasteiger partial charge in [0.05, 0.1) is 7.11 Å². The van der Waals surface area contributed by atoms with Gasteiger partial charge in [-0.15, -0.1) is 0 Å². The summed E-state index contributed by atoms with van der Waals surface area (Å²) in [5, 5.41) is 6.46. The first-order valence-electron chi connectivity index (χ1n) is 6.48. The van der Waals surface area contributed by atoms with Gasteiger partial charge in [0.2, 0.25) is 0 Å². The van der Waals surface area contributed by atoms with Crippen molar-refractivity contribution in [1.29, 1.82) is 0 Å². The highest BCUT2D eigenvalue weighted by molar-refractivity contribution is 7.08. The first-order valence-corrected chi connectivity index (χ1v) is 7.43. The second-order valence-corrected chi connectivity index (χ2v) is 5.21. The van der Waals surface area contributed by atoms with Crippen LogP contribution in [-0.4, -0.2) is 25.5 Å². The zero-order valence-corrected chi connectivity index (χ0v) is 12.8. The van der Waals surface area contributed by atoms with Crippen LogP contribution in [0, 0.1) is 0 Å². The lowest BCUT2D eigenvalue weighted by molar-refractivity contribution is -0.119. The molecule has 0 saturated carbocycles. The molecule has 2 rings (SSSR count). The molecule has 1 aromatic carbocycles. The van der Waals surface area contributed by atoms with E-state index in [0.29, 0.717) is 23.6 Å². The molecule has 22 heavy (non-hydrogen) atoms. The first kappa shape index (κ1) is 15.8. The van der Waals surface area contributed by atoms with Gasteiger partial charge in [0.1, 0.15) is 0 Å². The quantitative estimate of drug-likeness (QED) is 0.810. The molecule has 7 heteroatoms. The molecule has 0 aliphatic rings. The Bertz CT molecular complexity index is 656. The Morgan fingerprint density at radius 2 is 2.09 bits per heavy atom. The second kappa shape index (κ2) is 7.46. The molecular weight excluding hydrogens is 304 g/mol. The molecular formula is C15H16N2O4S. The second-order valence-electron chi connectivity index (χ2n) is 4.43. The van der Waals surface area contributed by atoms with E-state index in [2.05, 4.69) is 5.32 Å². The summed E-state index contributed by atoms with van der Waals surface area (Å²) < 4.78 is 10.5. The molecule has 0 atom stereocenters. The maximum Gasteiger partial charge on any atom is 0.255 e. The summed E-state index contributed by atoms with van der Waals surface area (Å²) in [7, 11) is 1.50. The van der Waals surface area contributed by atoms with E-state index in [4.69, 9.17) is 15.2 Å². The average Bonchev–Trinajstić information content (AvgIpc) is 3.05. The number of primary amides is 1. The Morgan fingerprint density at radius 3 is 2.73 bits per heavy atom. The largest absolute Gasteiger partial charge is 0.493 e. The van der Waals surface area contributed by atoms with Crippen molar-refractivity contribution in [3.63, 3.8) is 0 Å². The van der Waals surface area contributed by atoms with Crippen molar-refractivity contribution in [3.05, 3.63) is 46.2 Å². The van der Waals surface area contributed by atoms with Crippen molar-refractivity contribution >= 4 is 23.2 Å². The van der Waals surface area contributed by atoms with E-state index >= 15 is 0 Å². The predicted octanol–water partition coefficient (Wildman–Crippen LogP) is 1.55. The normalized spacial score (nSPS) is 10.0. The maximum absolute atomic E-state index is 11.9. The third-order valence-corrected chi connectivity index (χ3v) is 3.52. The van der Waals surface area contributed by atoms with Gasteiger partial charge in [-0.05, 0) is 29.1 Å². The number of ether oxygens (including phenoxy) is 2. The summed E-state index contributed by atoms with van der Waals surface area (Å²) in [6.07, 6.45) is 0. The van der Waals surface area contributed by atoms with Crippen LogP contribution >= 0.6 is 11.3 Å². The van der Waals surface area contributed by atoms with Crippen LogP contribution in [0.3, 0.4) is 0 Å². The van der Waals surface area contributed by atoms with Crippen LogP contribution in [0.4, 0.5) is 0 Å². The van der Waals surface area contributed by atoms with Crippen molar-refractivity contribution in [1.82, 2.24) is 5.32 Å². The highest BCUT2D eigenvalue weighted by atomic mass is 32.1. The van der Waals surface area contributed by atoms with E-state index in [0.717, 1.165) is 5.56 Å². The Morgan fingerprint density at radius 1 is 1.27 bits per heavy atom. The van der Waals surface area contributed by atoms with Crippen molar-refractivity contribution < 1.29 is 19.1 Å². The first-order chi connectivity index (χ1) is 10.6. The Labute approximate surface area is 131 Å². The summed E-state index contributed by atoms with van der Waals surface area (Å²) in [5.74, 6) is 0.209. The molecule has 6 nitrogen and oxygen atoms in total. The van der Waals surface area contributed by atoms with E-state index in [1.807, 2.05) is 5.38 Å². The summed E-state index contributed by atoms with van der Waals surface area (Å²) in [6, 6.07) is 6.96. The van der Waals surface area contributed by atoms with Crippen molar-refractivity contribution in [3.8, 4) is 11.5 Å². The molecule has 116 valence electrons. The molecule has 1 aromatic heterocycles. The van der Waals surface area contributed by atoms with Gasteiger partial charge < -0.3 is 20.5 Å². The van der Waals surface area contributed by atoms with Gasteiger partial charge in [0.25, 0.3) is 11.8 Å². The summed E-state index contributed by atoms with van der Waals surface area (Å²) in [5.41, 5.74) is 6.53. The molecule has 0 radical (unpaired) electrons. The minimum atomic E-state index is -0.561. The molecule has 2 aromatic rings. The molecule has 0 spiro atoms. The van der Waals surface area contributed by atoms with Gasteiger partial charge in [-0.2, -0.15) is 11.3 Å². The summed E-state index contributed by atoms with van der Waals surface area (Å²) in [6.45, 7) is 0.145. The third kappa shape index (κ3) is 4.23. The van der Waals surface area contributed by atoms with E-state index in [9.17, 15) is 9.59 Å². The van der Waals surface area contributed by atoms with Crippen LogP contribution in [0.2, 0.25) is 0 Å². The van der Waals surface area contributed by atoms with Gasteiger partial charge in [-0.25, -0.2) is 0 Å². The van der Waals surface area contributed by atoms with Crippen molar-refractivity contribution in [2.24, 2.45) is 5.73 Å². The molecule has 0 bridgehead atoms. The van der Waals surface area contributed by atoms with Crippen LogP contribution in [0.25, 0.3) is 0 Å². The fraction of sp³-hybridized carbons (Fsp3) is 0.200. The summed E-state index contributed by atoms with van der Waals surface area (Å²) >= 11 is 1.47. The van der Waals surface area contributed by atoms with Crippen LogP contribution in [0.5, 0.6) is 11.5 Å². The smallest absolute Gasteiger partial charge is 0.255 e. The van der Waals surface area contributed by atoms with Crippen LogP contribution in [0.1, 0.15) is 15.9 Å². The van der Waals surface area contributed by atoms with E-state index in [1.165, 1.54) is 18.4 Å². The van der Waals surface area contributed by atoms with Gasteiger partial charge in [0, 0.05) is 17.5 Å². The van der Waals surface area contributed by atoms with Gasteiger partial charge >= 0.3 is 0 Å². The molecule has 2 amide bonds. The Hall–Kier alpha value is -2.54. The van der Waals surface area contributed by atoms with Crippen molar-refractivity contribution in [2.45, 2.75) is 6.54 Å². The molecule has 0 unspecified atom stereocenters. The molecule has 3 N–H and O–H groups in total. The number of methoxy groups -OCH3 is 1. The molecule has 1 heterocycles. The minimum Gasteiger partial charge on any atom is -0.493 e. The number of nitrogens with two attached hydrogens (primary N) is 1. The van der Waals surface area contributed by atoms with Crippen LogP contribution in [0.15, 0.2) is 35.0 Å². The lowest BCUT2D eigenvalue weighted by Crippen LogP contribution is -2.22. The number of carbonyl (C=O) groups excluding carboxylic acids is 2. The van der Waals surface area contributed by atoms with Gasteiger partial charge in [-0.3, -0.25) is 9.59 Å². The van der Waals surface area contributed by atoms with Gasteiger partial charge in [0.15, 0.2) is 18.1 Å². The molecule has 0 aliphatic heterocycles. The number of rotatable bonds is 7.